The number of ether oxygens (including phenoxy) is 1. The predicted molar refractivity (Wildman–Crippen MR) is 103 cm³/mol. The number of hydrogen-bond donors (Lipinski definition) is 1. The zero-order valence-corrected chi connectivity index (χ0v) is 15.8. The quantitative estimate of drug-likeness (QED) is 0.823. The third kappa shape index (κ3) is 3.64. The Kier molecular flexibility index (Phi) is 4.89. The standard InChI is InChI=1S/C20H23NO2S2/c22-18(20(8-9-20)17-7-4-14-24-17)21-15-19(10-12-23-13-11-19)25-16-5-2-1-3-6-16/h1-7,14H,8-13,15H2,(H,21,22). The van der Waals surface area contributed by atoms with Crippen molar-refractivity contribution in [2.24, 2.45) is 0 Å². The molecule has 2 aliphatic rings. The number of thiophene rings is 1. The van der Waals surface area contributed by atoms with Crippen LogP contribution in [-0.2, 0) is 14.9 Å². The fourth-order valence-electron chi connectivity index (χ4n) is 3.47. The first kappa shape index (κ1) is 17.1. The maximum atomic E-state index is 12.9. The molecule has 1 aliphatic carbocycles. The topological polar surface area (TPSA) is 38.3 Å². The average Bonchev–Trinajstić information content (AvgIpc) is 3.28. The van der Waals surface area contributed by atoms with E-state index in [1.807, 2.05) is 23.9 Å². The van der Waals surface area contributed by atoms with Gasteiger partial charge in [-0.25, -0.2) is 0 Å². The van der Waals surface area contributed by atoms with E-state index in [9.17, 15) is 4.79 Å². The third-order valence-corrected chi connectivity index (χ3v) is 7.80. The maximum absolute atomic E-state index is 12.9. The molecule has 3 nitrogen and oxygen atoms in total. The molecular formula is C20H23NO2S2. The zero-order valence-electron chi connectivity index (χ0n) is 14.2. The Morgan fingerprint density at radius 2 is 1.84 bits per heavy atom. The van der Waals surface area contributed by atoms with Gasteiger partial charge in [0.2, 0.25) is 5.91 Å². The van der Waals surface area contributed by atoms with Crippen LogP contribution in [-0.4, -0.2) is 30.4 Å². The number of hydrogen-bond acceptors (Lipinski definition) is 4. The summed E-state index contributed by atoms with van der Waals surface area (Å²) in [6.45, 7) is 2.25. The molecule has 0 radical (unpaired) electrons. The lowest BCUT2D eigenvalue weighted by Gasteiger charge is -2.37. The summed E-state index contributed by atoms with van der Waals surface area (Å²) >= 11 is 3.59. The fraction of sp³-hybridized carbons (Fsp3) is 0.450. The molecule has 0 unspecified atom stereocenters. The number of amides is 1. The minimum absolute atomic E-state index is 0.0286. The zero-order chi connectivity index (χ0) is 17.2. The molecule has 1 aliphatic heterocycles. The van der Waals surface area contributed by atoms with Gasteiger partial charge in [0.1, 0.15) is 0 Å². The van der Waals surface area contributed by atoms with E-state index in [-0.39, 0.29) is 16.1 Å². The van der Waals surface area contributed by atoms with Gasteiger partial charge in [-0.05, 0) is 49.3 Å². The number of benzene rings is 1. The number of rotatable bonds is 6. The Morgan fingerprint density at radius 3 is 2.48 bits per heavy atom. The van der Waals surface area contributed by atoms with E-state index in [0.717, 1.165) is 38.9 Å². The van der Waals surface area contributed by atoms with Crippen molar-refractivity contribution >= 4 is 29.0 Å². The highest BCUT2D eigenvalue weighted by Gasteiger charge is 2.52. The number of thioether (sulfide) groups is 1. The molecule has 5 heteroatoms. The van der Waals surface area contributed by atoms with Crippen LogP contribution in [0.1, 0.15) is 30.6 Å². The summed E-state index contributed by atoms with van der Waals surface area (Å²) in [7, 11) is 0. The van der Waals surface area contributed by atoms with Gasteiger partial charge in [-0.1, -0.05) is 24.3 Å². The van der Waals surface area contributed by atoms with Gasteiger partial charge in [-0.15, -0.1) is 23.1 Å². The van der Waals surface area contributed by atoms with Crippen molar-refractivity contribution in [1.29, 1.82) is 0 Å². The van der Waals surface area contributed by atoms with Crippen LogP contribution in [0.2, 0.25) is 0 Å². The smallest absolute Gasteiger partial charge is 0.231 e. The summed E-state index contributed by atoms with van der Waals surface area (Å²) in [6, 6.07) is 14.6. The Hall–Kier alpha value is -1.30. The highest BCUT2D eigenvalue weighted by molar-refractivity contribution is 8.00. The third-order valence-electron chi connectivity index (χ3n) is 5.23. The maximum Gasteiger partial charge on any atom is 0.231 e. The first-order valence-electron chi connectivity index (χ1n) is 8.87. The van der Waals surface area contributed by atoms with Crippen molar-refractivity contribution < 1.29 is 9.53 Å². The van der Waals surface area contributed by atoms with Crippen LogP contribution < -0.4 is 5.32 Å². The van der Waals surface area contributed by atoms with Gasteiger partial charge in [0, 0.05) is 34.3 Å². The van der Waals surface area contributed by atoms with E-state index < -0.39 is 0 Å². The Morgan fingerprint density at radius 1 is 1.08 bits per heavy atom. The molecule has 2 fully saturated rings. The molecule has 1 saturated heterocycles. The molecule has 1 saturated carbocycles. The van der Waals surface area contributed by atoms with Crippen molar-refractivity contribution in [1.82, 2.24) is 5.32 Å². The van der Waals surface area contributed by atoms with Gasteiger partial charge < -0.3 is 10.1 Å². The highest BCUT2D eigenvalue weighted by Crippen LogP contribution is 2.50. The highest BCUT2D eigenvalue weighted by atomic mass is 32.2. The molecule has 1 N–H and O–H groups in total. The van der Waals surface area contributed by atoms with Crippen LogP contribution >= 0.6 is 23.1 Å². The van der Waals surface area contributed by atoms with Gasteiger partial charge in [-0.3, -0.25) is 4.79 Å². The molecule has 0 atom stereocenters. The SMILES string of the molecule is O=C(NCC1(Sc2ccccc2)CCOCC1)C1(c2cccs2)CC1. The molecule has 1 amide bonds. The van der Waals surface area contributed by atoms with Gasteiger partial charge >= 0.3 is 0 Å². The van der Waals surface area contributed by atoms with E-state index >= 15 is 0 Å². The molecule has 1 aromatic carbocycles. The fourth-order valence-corrected chi connectivity index (χ4v) is 5.76. The van der Waals surface area contributed by atoms with E-state index in [0.29, 0.717) is 6.54 Å². The summed E-state index contributed by atoms with van der Waals surface area (Å²) in [5, 5.41) is 5.36. The van der Waals surface area contributed by atoms with Crippen LogP contribution in [0.25, 0.3) is 0 Å². The Labute approximate surface area is 157 Å². The number of nitrogens with one attached hydrogen (secondary N) is 1. The molecule has 25 heavy (non-hydrogen) atoms. The summed E-state index contributed by atoms with van der Waals surface area (Å²) in [5.41, 5.74) is -0.252. The van der Waals surface area contributed by atoms with Gasteiger partial charge in [0.15, 0.2) is 0 Å². The van der Waals surface area contributed by atoms with Crippen molar-refractivity contribution in [2.75, 3.05) is 19.8 Å². The monoisotopic (exact) mass is 373 g/mol. The van der Waals surface area contributed by atoms with Crippen LogP contribution in [0, 0.1) is 0 Å². The first-order valence-corrected chi connectivity index (χ1v) is 10.6. The minimum Gasteiger partial charge on any atom is -0.381 e. The summed E-state index contributed by atoms with van der Waals surface area (Å²) in [4.78, 5) is 15.4. The number of carbonyl (C=O) groups excluding carboxylic acids is 1. The second-order valence-electron chi connectivity index (χ2n) is 6.95. The lowest BCUT2D eigenvalue weighted by Crippen LogP contribution is -2.46. The second kappa shape index (κ2) is 7.14. The summed E-state index contributed by atoms with van der Waals surface area (Å²) < 4.78 is 5.61. The molecular weight excluding hydrogens is 350 g/mol. The van der Waals surface area contributed by atoms with E-state index in [2.05, 4.69) is 41.0 Å². The molecule has 2 aromatic rings. The summed E-state index contributed by atoms with van der Waals surface area (Å²) in [6.07, 6.45) is 3.89. The Balaban J connectivity index is 1.45. The predicted octanol–water partition coefficient (Wildman–Crippen LogP) is 4.24. The van der Waals surface area contributed by atoms with Crippen molar-refractivity contribution in [2.45, 2.75) is 40.7 Å². The lowest BCUT2D eigenvalue weighted by molar-refractivity contribution is -0.123. The normalized spacial score (nSPS) is 20.8. The molecule has 132 valence electrons. The molecule has 0 bridgehead atoms. The number of carbonyl (C=O) groups is 1. The molecule has 0 spiro atoms. The van der Waals surface area contributed by atoms with E-state index in [4.69, 9.17) is 4.74 Å². The Bertz CT molecular complexity index is 705. The second-order valence-corrected chi connectivity index (χ2v) is 9.44. The van der Waals surface area contributed by atoms with Crippen molar-refractivity contribution in [3.63, 3.8) is 0 Å². The van der Waals surface area contributed by atoms with Gasteiger partial charge in [0.05, 0.1) is 5.41 Å². The van der Waals surface area contributed by atoms with E-state index in [1.165, 1.54) is 9.77 Å². The van der Waals surface area contributed by atoms with Crippen LogP contribution in [0.3, 0.4) is 0 Å². The van der Waals surface area contributed by atoms with Crippen molar-refractivity contribution in [3.05, 3.63) is 52.7 Å². The lowest BCUT2D eigenvalue weighted by atomic mass is 9.97. The molecule has 1 aromatic heterocycles. The van der Waals surface area contributed by atoms with Crippen molar-refractivity contribution in [3.8, 4) is 0 Å². The largest absolute Gasteiger partial charge is 0.381 e. The molecule has 2 heterocycles. The van der Waals surface area contributed by atoms with Crippen LogP contribution in [0.15, 0.2) is 52.7 Å². The molecule has 4 rings (SSSR count). The first-order chi connectivity index (χ1) is 12.2. The van der Waals surface area contributed by atoms with Crippen LogP contribution in [0.4, 0.5) is 0 Å². The van der Waals surface area contributed by atoms with Gasteiger partial charge in [-0.2, -0.15) is 0 Å². The average molecular weight is 374 g/mol. The van der Waals surface area contributed by atoms with Crippen LogP contribution in [0.5, 0.6) is 0 Å². The summed E-state index contributed by atoms with van der Waals surface area (Å²) in [5.74, 6) is 0.203. The van der Waals surface area contributed by atoms with Gasteiger partial charge in [0.25, 0.3) is 0 Å². The van der Waals surface area contributed by atoms with E-state index in [1.54, 1.807) is 11.3 Å². The minimum atomic E-state index is -0.252.